The number of piperidine rings is 1. The molecule has 0 saturated carbocycles. The Kier molecular flexibility index (Phi) is 8.73. The minimum absolute atomic E-state index is 0.0796. The van der Waals surface area contributed by atoms with Crippen LogP contribution in [-0.4, -0.2) is 47.1 Å². The fraction of sp³-hybridized carbons (Fsp3) is 0.424. The number of nitrogens with zero attached hydrogens (tertiary/aromatic N) is 4. The Bertz CT molecular complexity index is 1760. The van der Waals surface area contributed by atoms with Crippen LogP contribution in [0.3, 0.4) is 0 Å². The van der Waals surface area contributed by atoms with Gasteiger partial charge in [-0.25, -0.2) is 17.9 Å². The molecule has 1 atom stereocenters. The van der Waals surface area contributed by atoms with Crippen molar-refractivity contribution in [2.24, 2.45) is 13.0 Å². The molecule has 10 nitrogen and oxygen atoms in total. The summed E-state index contributed by atoms with van der Waals surface area (Å²) in [5, 5.41) is 17.7. The highest BCUT2D eigenvalue weighted by Crippen LogP contribution is 2.41. The molecule has 0 radical (unpaired) electrons. The number of hydrogen-bond acceptors (Lipinski definition) is 6. The number of carbonyl (C=O) groups excluding carboxylic acids is 1. The van der Waals surface area contributed by atoms with Gasteiger partial charge in [0.1, 0.15) is 10.7 Å². The Morgan fingerprint density at radius 3 is 2.27 bits per heavy atom. The molecule has 1 aliphatic heterocycles. The lowest BCUT2D eigenvalue weighted by molar-refractivity contribution is 0.262. The summed E-state index contributed by atoms with van der Waals surface area (Å²) < 4.78 is 32.1. The normalized spacial score (nSPS) is 15.2. The second kappa shape index (κ2) is 12.2. The molecule has 1 saturated heterocycles. The number of benzene rings is 2. The zero-order valence-corrected chi connectivity index (χ0v) is 27.4. The summed E-state index contributed by atoms with van der Waals surface area (Å²) >= 11 is 0. The van der Waals surface area contributed by atoms with E-state index in [1.165, 1.54) is 0 Å². The number of carbonyl (C=O) groups is 1. The molecular formula is C33H43N7O3S. The Morgan fingerprint density at radius 1 is 0.977 bits per heavy atom. The van der Waals surface area contributed by atoms with Gasteiger partial charge in [0.25, 0.3) is 0 Å². The largest absolute Gasteiger partial charge is 0.324 e. The van der Waals surface area contributed by atoms with Crippen LogP contribution < -0.4 is 16.0 Å². The standard InChI is InChI=1S/C33H43N7O3S/c1-21-11-13-27(14-12-21)40-29(20-28(38-40)33(4,5)6)36-32(41)35-26-10-8-9-25(19-26)31(24-15-17-34-18-16-24)44(42,43)30-22(2)37-39(7)23(30)3/h8-14,19-20,24,31,34H,15-18H2,1-7H3,(H2,35,36,41). The van der Waals surface area contributed by atoms with E-state index in [4.69, 9.17) is 5.10 Å². The number of urea groups is 1. The summed E-state index contributed by atoms with van der Waals surface area (Å²) in [5.41, 5.74) is 4.85. The first-order valence-electron chi connectivity index (χ1n) is 15.1. The fourth-order valence-electron chi connectivity index (χ4n) is 5.94. The minimum Gasteiger partial charge on any atom is -0.317 e. The monoisotopic (exact) mass is 617 g/mol. The van der Waals surface area contributed by atoms with Gasteiger partial charge < -0.3 is 10.6 Å². The Morgan fingerprint density at radius 2 is 1.66 bits per heavy atom. The van der Waals surface area contributed by atoms with Crippen LogP contribution in [0.1, 0.15) is 67.1 Å². The topological polar surface area (TPSA) is 123 Å². The predicted octanol–water partition coefficient (Wildman–Crippen LogP) is 5.99. The number of sulfone groups is 1. The van der Waals surface area contributed by atoms with Gasteiger partial charge in [-0.3, -0.25) is 10.00 Å². The van der Waals surface area contributed by atoms with Crippen LogP contribution in [0.2, 0.25) is 0 Å². The molecule has 4 aromatic rings. The molecule has 0 bridgehead atoms. The molecular weight excluding hydrogens is 574 g/mol. The lowest BCUT2D eigenvalue weighted by Gasteiger charge is -2.31. The smallest absolute Gasteiger partial charge is 0.317 e. The van der Waals surface area contributed by atoms with E-state index in [-0.39, 0.29) is 11.3 Å². The number of aryl methyl sites for hydroxylation is 3. The zero-order chi connectivity index (χ0) is 31.8. The highest BCUT2D eigenvalue weighted by Gasteiger charge is 2.39. The SMILES string of the molecule is Cc1ccc(-n2nc(C(C)(C)C)cc2NC(=O)Nc2cccc(C(C3CCNCC3)S(=O)(=O)c3c(C)nn(C)c3C)c2)cc1. The van der Waals surface area contributed by atoms with E-state index in [2.05, 4.69) is 41.8 Å². The lowest BCUT2D eigenvalue weighted by atomic mass is 9.90. The molecule has 1 unspecified atom stereocenters. The van der Waals surface area contributed by atoms with E-state index in [1.807, 2.05) is 43.3 Å². The maximum absolute atomic E-state index is 14.4. The van der Waals surface area contributed by atoms with E-state index in [0.29, 0.717) is 33.4 Å². The molecule has 44 heavy (non-hydrogen) atoms. The molecule has 2 aromatic heterocycles. The highest BCUT2D eigenvalue weighted by atomic mass is 32.2. The lowest BCUT2D eigenvalue weighted by Crippen LogP contribution is -2.34. The van der Waals surface area contributed by atoms with Crippen molar-refractivity contribution in [1.82, 2.24) is 24.9 Å². The van der Waals surface area contributed by atoms with E-state index in [1.54, 1.807) is 48.5 Å². The second-order valence-electron chi connectivity index (χ2n) is 12.8. The maximum Gasteiger partial charge on any atom is 0.324 e. The molecule has 1 aliphatic rings. The van der Waals surface area contributed by atoms with Crippen molar-refractivity contribution in [3.63, 3.8) is 0 Å². The number of anilines is 2. The number of amides is 2. The van der Waals surface area contributed by atoms with Crippen LogP contribution in [0, 0.1) is 26.7 Å². The van der Waals surface area contributed by atoms with E-state index in [0.717, 1.165) is 42.9 Å². The summed E-state index contributed by atoms with van der Waals surface area (Å²) in [4.78, 5) is 13.7. The quantitative estimate of drug-likeness (QED) is 0.234. The predicted molar refractivity (Wildman–Crippen MR) is 174 cm³/mol. The van der Waals surface area contributed by atoms with Crippen LogP contribution in [0.5, 0.6) is 0 Å². The molecule has 11 heteroatoms. The molecule has 0 aliphatic carbocycles. The fourth-order valence-corrected chi connectivity index (χ4v) is 8.47. The van der Waals surface area contributed by atoms with E-state index >= 15 is 0 Å². The van der Waals surface area contributed by atoms with E-state index in [9.17, 15) is 13.2 Å². The van der Waals surface area contributed by atoms with Crippen LogP contribution >= 0.6 is 0 Å². The van der Waals surface area contributed by atoms with Gasteiger partial charge in [0.2, 0.25) is 0 Å². The van der Waals surface area contributed by atoms with Crippen molar-refractivity contribution < 1.29 is 13.2 Å². The molecule has 2 amide bonds. The minimum atomic E-state index is -3.79. The summed E-state index contributed by atoms with van der Waals surface area (Å²) in [7, 11) is -2.03. The van der Waals surface area contributed by atoms with E-state index < -0.39 is 21.1 Å². The summed E-state index contributed by atoms with van der Waals surface area (Å²) in [6.07, 6.45) is 1.47. The van der Waals surface area contributed by atoms with Gasteiger partial charge in [0, 0.05) is 24.2 Å². The van der Waals surface area contributed by atoms with Crippen LogP contribution in [-0.2, 0) is 22.3 Å². The van der Waals surface area contributed by atoms with Gasteiger partial charge in [0.15, 0.2) is 9.84 Å². The maximum atomic E-state index is 14.4. The third kappa shape index (κ3) is 6.44. The summed E-state index contributed by atoms with van der Waals surface area (Å²) in [6.45, 7) is 13.3. The Labute approximate surface area is 260 Å². The first kappa shape index (κ1) is 31.5. The Balaban J connectivity index is 1.45. The van der Waals surface area contributed by atoms with Gasteiger partial charge in [-0.05, 0) is 82.4 Å². The van der Waals surface area contributed by atoms with Gasteiger partial charge in [-0.15, -0.1) is 0 Å². The van der Waals surface area contributed by atoms with Crippen LogP contribution in [0.25, 0.3) is 5.69 Å². The van der Waals surface area contributed by atoms with Gasteiger partial charge in [0.05, 0.1) is 28.0 Å². The first-order chi connectivity index (χ1) is 20.8. The third-order valence-electron chi connectivity index (χ3n) is 8.34. The highest BCUT2D eigenvalue weighted by molar-refractivity contribution is 7.91. The first-order valence-corrected chi connectivity index (χ1v) is 16.6. The van der Waals surface area contributed by atoms with Gasteiger partial charge in [-0.1, -0.05) is 50.6 Å². The van der Waals surface area contributed by atoms with Crippen molar-refractivity contribution in [2.45, 2.75) is 69.9 Å². The van der Waals surface area contributed by atoms with Crippen LogP contribution in [0.4, 0.5) is 16.3 Å². The number of hydrogen-bond donors (Lipinski definition) is 3. The van der Waals surface area contributed by atoms with Crippen molar-refractivity contribution in [3.8, 4) is 5.69 Å². The third-order valence-corrected chi connectivity index (χ3v) is 10.8. The second-order valence-corrected chi connectivity index (χ2v) is 14.8. The number of rotatable bonds is 7. The molecule has 3 heterocycles. The summed E-state index contributed by atoms with van der Waals surface area (Å²) in [6, 6.07) is 16.6. The average Bonchev–Trinajstić information content (AvgIpc) is 3.49. The van der Waals surface area contributed by atoms with Gasteiger partial charge in [-0.2, -0.15) is 10.2 Å². The molecule has 5 rings (SSSR count). The van der Waals surface area contributed by atoms with Crippen molar-refractivity contribution in [2.75, 3.05) is 23.7 Å². The van der Waals surface area contributed by atoms with Crippen LogP contribution in [0.15, 0.2) is 59.5 Å². The molecule has 2 aromatic carbocycles. The number of nitrogens with one attached hydrogen (secondary N) is 3. The van der Waals surface area contributed by atoms with Crippen molar-refractivity contribution in [3.05, 3.63) is 82.8 Å². The molecule has 1 fully saturated rings. The number of aromatic nitrogens is 4. The Hall–Kier alpha value is -3.96. The van der Waals surface area contributed by atoms with Crippen molar-refractivity contribution >= 4 is 27.4 Å². The zero-order valence-electron chi connectivity index (χ0n) is 26.6. The van der Waals surface area contributed by atoms with Crippen molar-refractivity contribution in [1.29, 1.82) is 0 Å². The average molecular weight is 618 g/mol. The molecule has 3 N–H and O–H groups in total. The summed E-state index contributed by atoms with van der Waals surface area (Å²) in [5.74, 6) is 0.453. The van der Waals surface area contributed by atoms with Gasteiger partial charge >= 0.3 is 6.03 Å². The molecule has 234 valence electrons. The molecule has 0 spiro atoms.